The maximum absolute atomic E-state index is 10.9. The summed E-state index contributed by atoms with van der Waals surface area (Å²) in [5.74, 6) is 4.98. The van der Waals surface area contributed by atoms with Crippen LogP contribution in [0.2, 0.25) is 0 Å². The lowest BCUT2D eigenvalue weighted by molar-refractivity contribution is 0.679. The fourth-order valence-corrected chi connectivity index (χ4v) is 1.42. The molecule has 1 aliphatic carbocycles. The van der Waals surface area contributed by atoms with Crippen LogP contribution in [0, 0.1) is 0 Å². The highest BCUT2D eigenvalue weighted by Gasteiger charge is 2.02. The smallest absolute Gasteiger partial charge is 0.138 e. The van der Waals surface area contributed by atoms with Crippen molar-refractivity contribution in [2.45, 2.75) is 12.8 Å². The van der Waals surface area contributed by atoms with E-state index in [0.717, 1.165) is 17.7 Å². The molecular weight excluding hydrogens is 148 g/mol. The van der Waals surface area contributed by atoms with Crippen LogP contribution in [0.25, 0.3) is 0 Å². The molecule has 0 amide bonds. The van der Waals surface area contributed by atoms with Gasteiger partial charge in [-0.25, -0.2) is 4.21 Å². The van der Waals surface area contributed by atoms with Gasteiger partial charge in [0, 0.05) is 0 Å². The fourth-order valence-electron chi connectivity index (χ4n) is 0.795. The molecule has 0 heterocycles. The van der Waals surface area contributed by atoms with Crippen LogP contribution in [-0.4, -0.2) is 4.21 Å². The molecule has 1 atom stereocenters. The van der Waals surface area contributed by atoms with Crippen LogP contribution in [0.3, 0.4) is 0 Å². The van der Waals surface area contributed by atoms with E-state index < -0.39 is 11.0 Å². The summed E-state index contributed by atoms with van der Waals surface area (Å²) < 4.78 is 10.9. The third-order valence-electron chi connectivity index (χ3n) is 1.28. The van der Waals surface area contributed by atoms with Crippen molar-refractivity contribution in [2.75, 3.05) is 0 Å². The summed E-state index contributed by atoms with van der Waals surface area (Å²) in [6.07, 6.45) is 7.74. The number of nitrogens with two attached hydrogens (primary N) is 1. The molecule has 0 aromatic heterocycles. The zero-order valence-corrected chi connectivity index (χ0v) is 6.36. The third-order valence-corrected chi connectivity index (χ3v) is 2.23. The minimum Gasteiger partial charge on any atom is -0.259 e. The Hall–Kier alpha value is -0.450. The Morgan fingerprint density at radius 3 is 2.90 bits per heavy atom. The van der Waals surface area contributed by atoms with Gasteiger partial charge in [0.2, 0.25) is 0 Å². The Morgan fingerprint density at radius 2 is 2.40 bits per heavy atom. The maximum atomic E-state index is 10.9. The maximum Gasteiger partial charge on any atom is 0.138 e. The van der Waals surface area contributed by atoms with Crippen molar-refractivity contribution in [1.29, 1.82) is 0 Å². The molecule has 1 aliphatic rings. The summed E-state index contributed by atoms with van der Waals surface area (Å²) in [6, 6.07) is 0. The lowest BCUT2D eigenvalue weighted by Gasteiger charge is -2.03. The van der Waals surface area contributed by atoms with E-state index >= 15 is 0 Å². The van der Waals surface area contributed by atoms with Crippen molar-refractivity contribution in [3.8, 4) is 0 Å². The molecule has 10 heavy (non-hydrogen) atoms. The zero-order valence-electron chi connectivity index (χ0n) is 5.54. The summed E-state index contributed by atoms with van der Waals surface area (Å²) in [7, 11) is -1.21. The second-order valence-electron chi connectivity index (χ2n) is 1.97. The van der Waals surface area contributed by atoms with Crippen LogP contribution in [0.15, 0.2) is 23.1 Å². The lowest BCUT2D eigenvalue weighted by atomic mass is 10.2. The van der Waals surface area contributed by atoms with Gasteiger partial charge in [0.1, 0.15) is 11.0 Å². The van der Waals surface area contributed by atoms with Crippen LogP contribution in [0.4, 0.5) is 0 Å². The molecule has 0 saturated heterocycles. The minimum absolute atomic E-state index is 0.772. The van der Waals surface area contributed by atoms with E-state index in [0.29, 0.717) is 0 Å². The lowest BCUT2D eigenvalue weighted by Crippen LogP contribution is -2.25. The van der Waals surface area contributed by atoms with Gasteiger partial charge in [0.05, 0.1) is 4.91 Å². The molecule has 0 radical (unpaired) electrons. The van der Waals surface area contributed by atoms with Crippen molar-refractivity contribution in [1.82, 2.24) is 4.83 Å². The summed E-state index contributed by atoms with van der Waals surface area (Å²) in [5, 5.41) is 0. The molecule has 1 unspecified atom stereocenters. The van der Waals surface area contributed by atoms with E-state index in [9.17, 15) is 4.21 Å². The number of nitrogens with one attached hydrogen (secondary N) is 1. The van der Waals surface area contributed by atoms with Gasteiger partial charge in [-0.15, -0.1) is 0 Å². The van der Waals surface area contributed by atoms with Crippen molar-refractivity contribution >= 4 is 11.0 Å². The number of hydrogen-bond donors (Lipinski definition) is 2. The number of hydrazine groups is 1. The Morgan fingerprint density at radius 1 is 1.60 bits per heavy atom. The normalized spacial score (nSPS) is 20.3. The molecule has 56 valence electrons. The van der Waals surface area contributed by atoms with Crippen LogP contribution in [-0.2, 0) is 11.0 Å². The SMILES string of the molecule is NNS(=O)C1=CCCC=C1. The molecule has 0 aliphatic heterocycles. The van der Waals surface area contributed by atoms with Crippen LogP contribution in [0.5, 0.6) is 0 Å². The predicted octanol–water partition coefficient (Wildman–Crippen LogP) is 0.347. The fraction of sp³-hybridized carbons (Fsp3) is 0.333. The number of hydrogen-bond acceptors (Lipinski definition) is 2. The standard InChI is InChI=1S/C6H10N2OS/c7-8-10(9)6-4-2-1-3-5-6/h2,4-5,8H,1,3,7H2. The average molecular weight is 158 g/mol. The third kappa shape index (κ3) is 1.76. The Balaban J connectivity index is 2.63. The Bertz CT molecular complexity index is 198. The van der Waals surface area contributed by atoms with E-state index in [2.05, 4.69) is 4.83 Å². The van der Waals surface area contributed by atoms with Gasteiger partial charge in [-0.3, -0.25) is 5.84 Å². The summed E-state index contributed by atoms with van der Waals surface area (Å²) >= 11 is 0. The van der Waals surface area contributed by atoms with Crippen LogP contribution in [0.1, 0.15) is 12.8 Å². The minimum atomic E-state index is -1.21. The Kier molecular flexibility index (Phi) is 2.80. The molecule has 3 N–H and O–H groups in total. The molecule has 0 spiro atoms. The van der Waals surface area contributed by atoms with E-state index in [1.807, 2.05) is 18.2 Å². The summed E-state index contributed by atoms with van der Waals surface area (Å²) in [4.78, 5) is 2.96. The monoisotopic (exact) mass is 158 g/mol. The van der Waals surface area contributed by atoms with Crippen molar-refractivity contribution < 1.29 is 4.21 Å². The first-order chi connectivity index (χ1) is 4.84. The highest BCUT2D eigenvalue weighted by Crippen LogP contribution is 2.10. The first kappa shape index (κ1) is 7.65. The number of allylic oxidation sites excluding steroid dienone is 3. The van der Waals surface area contributed by atoms with Crippen molar-refractivity contribution in [3.05, 3.63) is 23.1 Å². The van der Waals surface area contributed by atoms with E-state index in [4.69, 9.17) is 5.84 Å². The molecule has 0 bridgehead atoms. The first-order valence-corrected chi connectivity index (χ1v) is 4.24. The second kappa shape index (κ2) is 3.65. The zero-order chi connectivity index (χ0) is 7.40. The van der Waals surface area contributed by atoms with Crippen molar-refractivity contribution in [3.63, 3.8) is 0 Å². The van der Waals surface area contributed by atoms with Gasteiger partial charge >= 0.3 is 0 Å². The van der Waals surface area contributed by atoms with Crippen molar-refractivity contribution in [2.24, 2.45) is 5.84 Å². The quantitative estimate of drug-likeness (QED) is 0.450. The van der Waals surface area contributed by atoms with Crippen LogP contribution < -0.4 is 10.7 Å². The summed E-state index contributed by atoms with van der Waals surface area (Å²) in [5.41, 5.74) is 0. The topological polar surface area (TPSA) is 55.1 Å². The summed E-state index contributed by atoms with van der Waals surface area (Å²) in [6.45, 7) is 0. The van der Waals surface area contributed by atoms with Crippen LogP contribution >= 0.6 is 0 Å². The average Bonchev–Trinajstić information content (AvgIpc) is 2.05. The van der Waals surface area contributed by atoms with Gasteiger partial charge in [-0.2, -0.15) is 4.83 Å². The van der Waals surface area contributed by atoms with Gasteiger partial charge < -0.3 is 0 Å². The Labute approximate surface area is 62.5 Å². The van der Waals surface area contributed by atoms with E-state index in [1.54, 1.807) is 0 Å². The van der Waals surface area contributed by atoms with Gasteiger partial charge in [-0.1, -0.05) is 12.2 Å². The molecule has 0 aromatic carbocycles. The van der Waals surface area contributed by atoms with Gasteiger partial charge in [0.15, 0.2) is 0 Å². The highest BCUT2D eigenvalue weighted by atomic mass is 32.2. The molecule has 1 rings (SSSR count). The molecule has 0 aromatic rings. The number of rotatable bonds is 2. The van der Waals surface area contributed by atoms with E-state index in [1.165, 1.54) is 0 Å². The molecule has 4 heteroatoms. The first-order valence-electron chi connectivity index (χ1n) is 3.09. The largest absolute Gasteiger partial charge is 0.259 e. The highest BCUT2D eigenvalue weighted by molar-refractivity contribution is 7.87. The molecule has 3 nitrogen and oxygen atoms in total. The van der Waals surface area contributed by atoms with E-state index in [-0.39, 0.29) is 0 Å². The second-order valence-corrected chi connectivity index (χ2v) is 3.22. The molecule has 0 fully saturated rings. The molecule has 0 saturated carbocycles. The van der Waals surface area contributed by atoms with Gasteiger partial charge in [-0.05, 0) is 18.9 Å². The molecular formula is C6H10N2OS. The predicted molar refractivity (Wildman–Crippen MR) is 41.9 cm³/mol. The van der Waals surface area contributed by atoms with Gasteiger partial charge in [0.25, 0.3) is 0 Å².